The van der Waals surface area contributed by atoms with E-state index in [0.717, 1.165) is 50.5 Å². The van der Waals surface area contributed by atoms with Crippen LogP contribution in [0.2, 0.25) is 0 Å². The SMILES string of the molecule is CS(=O)(=O)c1ccc(C(=O)N2CCN(CC3CC4C=CC3C4)CC2)cc1. The standard InChI is InChI=1S/C20H26N2O3S/c1-26(24,25)19-6-4-16(5-7-19)20(23)22-10-8-21(9-11-22)14-18-13-15-2-3-17(18)12-15/h2-7,15,17-18H,8-14H2,1H3. The number of benzene rings is 1. The topological polar surface area (TPSA) is 57.7 Å². The molecule has 26 heavy (non-hydrogen) atoms. The molecule has 1 aliphatic heterocycles. The van der Waals surface area contributed by atoms with E-state index in [1.54, 1.807) is 12.1 Å². The second kappa shape index (κ2) is 6.82. The Morgan fingerprint density at radius 1 is 1.04 bits per heavy atom. The third kappa shape index (κ3) is 3.58. The number of nitrogens with zero attached hydrogens (tertiary/aromatic N) is 2. The number of piperazine rings is 1. The van der Waals surface area contributed by atoms with E-state index in [-0.39, 0.29) is 10.8 Å². The lowest BCUT2D eigenvalue weighted by atomic mass is 9.93. The van der Waals surface area contributed by atoms with E-state index >= 15 is 0 Å². The number of amides is 1. The van der Waals surface area contributed by atoms with Crippen LogP contribution >= 0.6 is 0 Å². The van der Waals surface area contributed by atoms with E-state index in [1.165, 1.54) is 31.2 Å². The molecule has 1 amide bonds. The summed E-state index contributed by atoms with van der Waals surface area (Å²) in [5.74, 6) is 2.36. The van der Waals surface area contributed by atoms with E-state index < -0.39 is 9.84 Å². The van der Waals surface area contributed by atoms with E-state index in [9.17, 15) is 13.2 Å². The van der Waals surface area contributed by atoms with Crippen molar-refractivity contribution in [1.82, 2.24) is 9.80 Å². The number of carbonyl (C=O) groups excluding carboxylic acids is 1. The Kier molecular flexibility index (Phi) is 4.65. The van der Waals surface area contributed by atoms with Crippen molar-refractivity contribution in [2.24, 2.45) is 17.8 Å². The van der Waals surface area contributed by atoms with Gasteiger partial charge >= 0.3 is 0 Å². The fourth-order valence-corrected chi connectivity index (χ4v) is 5.23. The molecule has 1 saturated heterocycles. The zero-order valence-electron chi connectivity index (χ0n) is 15.2. The van der Waals surface area contributed by atoms with Crippen molar-refractivity contribution in [3.63, 3.8) is 0 Å². The molecule has 1 saturated carbocycles. The molecule has 2 fully saturated rings. The molecule has 4 rings (SSSR count). The summed E-state index contributed by atoms with van der Waals surface area (Å²) in [7, 11) is -3.23. The first kappa shape index (κ1) is 17.7. The molecular formula is C20H26N2O3S. The monoisotopic (exact) mass is 374 g/mol. The Labute approximate surface area is 155 Å². The van der Waals surface area contributed by atoms with Crippen LogP contribution in [-0.4, -0.2) is 63.1 Å². The molecule has 1 aromatic rings. The molecule has 1 heterocycles. The summed E-state index contributed by atoms with van der Waals surface area (Å²) in [5, 5.41) is 0. The van der Waals surface area contributed by atoms with Crippen LogP contribution < -0.4 is 0 Å². The Hall–Kier alpha value is -1.66. The van der Waals surface area contributed by atoms with Crippen LogP contribution in [0.4, 0.5) is 0 Å². The lowest BCUT2D eigenvalue weighted by Gasteiger charge is -2.37. The van der Waals surface area contributed by atoms with Crippen LogP contribution in [0.1, 0.15) is 23.2 Å². The molecule has 0 aromatic heterocycles. The minimum Gasteiger partial charge on any atom is -0.336 e. The molecule has 3 aliphatic rings. The second-order valence-electron chi connectivity index (χ2n) is 7.93. The summed E-state index contributed by atoms with van der Waals surface area (Å²) in [6.45, 7) is 4.47. The van der Waals surface area contributed by atoms with E-state index in [1.807, 2.05) is 4.90 Å². The summed E-state index contributed by atoms with van der Waals surface area (Å²) in [4.78, 5) is 17.3. The maximum atomic E-state index is 12.7. The molecule has 2 bridgehead atoms. The van der Waals surface area contributed by atoms with Gasteiger partial charge in [-0.1, -0.05) is 12.2 Å². The molecule has 5 nitrogen and oxygen atoms in total. The molecule has 2 aliphatic carbocycles. The van der Waals surface area contributed by atoms with Gasteiger partial charge in [-0.15, -0.1) is 0 Å². The summed E-state index contributed by atoms with van der Waals surface area (Å²) < 4.78 is 23.1. The first-order valence-corrected chi connectivity index (χ1v) is 11.3. The van der Waals surface area contributed by atoms with Crippen molar-refractivity contribution < 1.29 is 13.2 Å². The number of allylic oxidation sites excluding steroid dienone is 2. The number of carbonyl (C=O) groups is 1. The number of fused-ring (bicyclic) bond motifs is 2. The van der Waals surface area contributed by atoms with Crippen LogP contribution in [-0.2, 0) is 9.84 Å². The van der Waals surface area contributed by atoms with Gasteiger partial charge in [0.05, 0.1) is 4.90 Å². The minimum absolute atomic E-state index is 0.00689. The maximum Gasteiger partial charge on any atom is 0.253 e. The van der Waals surface area contributed by atoms with Gasteiger partial charge in [-0.25, -0.2) is 8.42 Å². The molecule has 0 radical (unpaired) electrons. The van der Waals surface area contributed by atoms with Crippen LogP contribution in [0.5, 0.6) is 0 Å². The molecular weight excluding hydrogens is 348 g/mol. The zero-order chi connectivity index (χ0) is 18.3. The molecule has 140 valence electrons. The van der Waals surface area contributed by atoms with Gasteiger partial charge in [0.1, 0.15) is 0 Å². The number of sulfone groups is 1. The molecule has 0 spiro atoms. The van der Waals surface area contributed by atoms with Crippen molar-refractivity contribution in [2.45, 2.75) is 17.7 Å². The molecule has 6 heteroatoms. The Balaban J connectivity index is 1.31. The van der Waals surface area contributed by atoms with E-state index in [0.29, 0.717) is 5.56 Å². The van der Waals surface area contributed by atoms with Crippen molar-refractivity contribution in [3.05, 3.63) is 42.0 Å². The first-order chi connectivity index (χ1) is 12.4. The van der Waals surface area contributed by atoms with Crippen molar-refractivity contribution in [2.75, 3.05) is 39.0 Å². The highest BCUT2D eigenvalue weighted by Gasteiger charge is 2.36. The Morgan fingerprint density at radius 2 is 1.73 bits per heavy atom. The fourth-order valence-electron chi connectivity index (χ4n) is 4.60. The highest BCUT2D eigenvalue weighted by molar-refractivity contribution is 7.90. The lowest BCUT2D eigenvalue weighted by Crippen LogP contribution is -2.50. The van der Waals surface area contributed by atoms with Crippen LogP contribution in [0, 0.1) is 17.8 Å². The first-order valence-electron chi connectivity index (χ1n) is 9.40. The van der Waals surface area contributed by atoms with Gasteiger partial charge in [-0.05, 0) is 54.9 Å². The number of rotatable bonds is 4. The highest BCUT2D eigenvalue weighted by atomic mass is 32.2. The number of hydrogen-bond donors (Lipinski definition) is 0. The van der Waals surface area contributed by atoms with Crippen LogP contribution in [0.15, 0.2) is 41.3 Å². The van der Waals surface area contributed by atoms with Crippen LogP contribution in [0.25, 0.3) is 0 Å². The number of hydrogen-bond acceptors (Lipinski definition) is 4. The third-order valence-electron chi connectivity index (χ3n) is 6.10. The Morgan fingerprint density at radius 3 is 2.27 bits per heavy atom. The average Bonchev–Trinajstić information content (AvgIpc) is 3.24. The van der Waals surface area contributed by atoms with Gasteiger partial charge < -0.3 is 4.90 Å². The lowest BCUT2D eigenvalue weighted by molar-refractivity contribution is 0.0610. The average molecular weight is 375 g/mol. The quantitative estimate of drug-likeness (QED) is 0.757. The second-order valence-corrected chi connectivity index (χ2v) is 9.95. The Bertz CT molecular complexity index is 808. The van der Waals surface area contributed by atoms with Gasteiger partial charge in [-0.2, -0.15) is 0 Å². The zero-order valence-corrected chi connectivity index (χ0v) is 16.0. The predicted octanol–water partition coefficient (Wildman–Crippen LogP) is 2.06. The molecule has 3 atom stereocenters. The van der Waals surface area contributed by atoms with Crippen molar-refractivity contribution in [1.29, 1.82) is 0 Å². The van der Waals surface area contributed by atoms with E-state index in [4.69, 9.17) is 0 Å². The van der Waals surface area contributed by atoms with E-state index in [2.05, 4.69) is 17.1 Å². The fraction of sp³-hybridized carbons (Fsp3) is 0.550. The van der Waals surface area contributed by atoms with Crippen molar-refractivity contribution >= 4 is 15.7 Å². The normalized spacial score (nSPS) is 28.7. The summed E-state index contributed by atoms with van der Waals surface area (Å²) in [6, 6.07) is 6.27. The van der Waals surface area contributed by atoms with Crippen LogP contribution in [0.3, 0.4) is 0 Å². The summed E-state index contributed by atoms with van der Waals surface area (Å²) >= 11 is 0. The highest BCUT2D eigenvalue weighted by Crippen LogP contribution is 2.43. The maximum absolute atomic E-state index is 12.7. The molecule has 0 N–H and O–H groups in total. The largest absolute Gasteiger partial charge is 0.336 e. The van der Waals surface area contributed by atoms with Crippen molar-refractivity contribution in [3.8, 4) is 0 Å². The smallest absolute Gasteiger partial charge is 0.253 e. The van der Waals surface area contributed by atoms with Gasteiger partial charge in [0.25, 0.3) is 5.91 Å². The van der Waals surface area contributed by atoms with Gasteiger partial charge in [0, 0.05) is 44.5 Å². The van der Waals surface area contributed by atoms with Gasteiger partial charge in [0.15, 0.2) is 9.84 Å². The minimum atomic E-state index is -3.23. The molecule has 1 aromatic carbocycles. The van der Waals surface area contributed by atoms with Gasteiger partial charge in [0.2, 0.25) is 0 Å². The van der Waals surface area contributed by atoms with Gasteiger partial charge in [-0.3, -0.25) is 9.69 Å². The predicted molar refractivity (Wildman–Crippen MR) is 101 cm³/mol. The third-order valence-corrected chi connectivity index (χ3v) is 7.23. The molecule has 3 unspecified atom stereocenters. The summed E-state index contributed by atoms with van der Waals surface area (Å²) in [5.41, 5.74) is 0.559. The summed E-state index contributed by atoms with van der Waals surface area (Å²) in [6.07, 6.45) is 8.63.